The Balaban J connectivity index is 1.34. The van der Waals surface area contributed by atoms with Crippen LogP contribution in [-0.4, -0.2) is 64.4 Å². The van der Waals surface area contributed by atoms with Crippen LogP contribution in [-0.2, 0) is 12.5 Å². The number of nitrogens with zero attached hydrogens (tertiary/aromatic N) is 4. The summed E-state index contributed by atoms with van der Waals surface area (Å²) in [5, 5.41) is 6.16. The molecule has 0 bridgehead atoms. The van der Waals surface area contributed by atoms with Gasteiger partial charge in [-0.05, 0) is 73.0 Å². The van der Waals surface area contributed by atoms with E-state index in [4.69, 9.17) is 0 Å². The van der Waals surface area contributed by atoms with Crippen molar-refractivity contribution in [2.75, 3.05) is 43.9 Å². The van der Waals surface area contributed by atoms with Crippen LogP contribution in [0.15, 0.2) is 77.7 Å². The number of likely N-dealkylation sites (N-methyl/N-ethyl adjacent to an activating group) is 1. The zero-order valence-corrected chi connectivity index (χ0v) is 26.3. The molecule has 1 fully saturated rings. The van der Waals surface area contributed by atoms with Crippen LogP contribution in [0, 0.1) is 6.92 Å². The highest BCUT2D eigenvalue weighted by Gasteiger charge is 2.21. The highest BCUT2D eigenvalue weighted by molar-refractivity contribution is 6.05. The van der Waals surface area contributed by atoms with Crippen molar-refractivity contribution >= 4 is 29.0 Å². The number of aromatic nitrogens is 2. The molecular formula is C35H40N6O3. The molecule has 1 aliphatic heterocycles. The van der Waals surface area contributed by atoms with E-state index in [0.29, 0.717) is 41.3 Å². The van der Waals surface area contributed by atoms with Gasteiger partial charge in [0.05, 0.1) is 5.69 Å². The number of rotatable bonds is 6. The van der Waals surface area contributed by atoms with Gasteiger partial charge in [0.1, 0.15) is 0 Å². The maximum Gasteiger partial charge on any atom is 0.293 e. The molecule has 2 amide bonds. The van der Waals surface area contributed by atoms with Crippen molar-refractivity contribution in [3.8, 4) is 11.3 Å². The van der Waals surface area contributed by atoms with Gasteiger partial charge in [0.2, 0.25) is 0 Å². The minimum absolute atomic E-state index is 0.00347. The predicted molar refractivity (Wildman–Crippen MR) is 176 cm³/mol. The molecule has 0 radical (unpaired) electrons. The monoisotopic (exact) mass is 592 g/mol. The van der Waals surface area contributed by atoms with Crippen molar-refractivity contribution in [3.05, 3.63) is 106 Å². The van der Waals surface area contributed by atoms with Gasteiger partial charge < -0.3 is 25.0 Å². The fourth-order valence-electron chi connectivity index (χ4n) is 5.21. The van der Waals surface area contributed by atoms with E-state index in [0.717, 1.165) is 29.8 Å². The fraction of sp³-hybridized carbons (Fsp3) is 0.314. The van der Waals surface area contributed by atoms with E-state index in [1.165, 1.54) is 4.57 Å². The lowest BCUT2D eigenvalue weighted by molar-refractivity contribution is 0.0664. The maximum atomic E-state index is 13.1. The zero-order valence-electron chi connectivity index (χ0n) is 26.3. The molecule has 0 spiro atoms. The molecule has 0 saturated carbocycles. The van der Waals surface area contributed by atoms with E-state index in [2.05, 4.69) is 48.3 Å². The van der Waals surface area contributed by atoms with E-state index < -0.39 is 0 Å². The minimum Gasteiger partial charge on any atom is -0.336 e. The third-order valence-corrected chi connectivity index (χ3v) is 8.13. The van der Waals surface area contributed by atoms with Crippen molar-refractivity contribution in [2.45, 2.75) is 33.1 Å². The first-order valence-electron chi connectivity index (χ1n) is 14.8. The Labute approximate surface area is 258 Å². The smallest absolute Gasteiger partial charge is 0.293 e. The van der Waals surface area contributed by atoms with Gasteiger partial charge in [-0.15, -0.1) is 0 Å². The molecule has 5 rings (SSSR count). The Kier molecular flexibility index (Phi) is 8.69. The second-order valence-electron chi connectivity index (χ2n) is 12.4. The van der Waals surface area contributed by atoms with Gasteiger partial charge in [-0.1, -0.05) is 45.0 Å². The summed E-state index contributed by atoms with van der Waals surface area (Å²) < 4.78 is 1.48. The number of benzene rings is 3. The molecule has 3 aromatic carbocycles. The summed E-state index contributed by atoms with van der Waals surface area (Å²) in [7, 11) is 3.73. The number of amides is 2. The zero-order chi connectivity index (χ0) is 31.6. The lowest BCUT2D eigenvalue weighted by Crippen LogP contribution is -2.47. The number of carbonyl (C=O) groups is 2. The Morgan fingerprint density at radius 3 is 2.11 bits per heavy atom. The van der Waals surface area contributed by atoms with E-state index in [-0.39, 0.29) is 28.6 Å². The van der Waals surface area contributed by atoms with E-state index in [9.17, 15) is 14.4 Å². The van der Waals surface area contributed by atoms with Crippen molar-refractivity contribution in [2.24, 2.45) is 7.05 Å². The highest BCUT2D eigenvalue weighted by atomic mass is 16.2. The highest BCUT2D eigenvalue weighted by Crippen LogP contribution is 2.29. The van der Waals surface area contributed by atoms with Crippen LogP contribution in [0.1, 0.15) is 52.6 Å². The maximum absolute atomic E-state index is 13.1. The molecule has 9 nitrogen and oxygen atoms in total. The Bertz CT molecular complexity index is 1730. The van der Waals surface area contributed by atoms with Crippen LogP contribution < -0.4 is 16.2 Å². The normalized spacial score (nSPS) is 13.9. The summed E-state index contributed by atoms with van der Waals surface area (Å²) in [6.07, 6.45) is 1.69. The summed E-state index contributed by atoms with van der Waals surface area (Å²) in [6, 6.07) is 20.4. The molecule has 0 atom stereocenters. The molecule has 44 heavy (non-hydrogen) atoms. The molecule has 9 heteroatoms. The Morgan fingerprint density at radius 2 is 1.48 bits per heavy atom. The number of hydrogen-bond donors (Lipinski definition) is 2. The Hall–Kier alpha value is -4.76. The lowest BCUT2D eigenvalue weighted by atomic mass is 9.86. The number of aryl methyl sites for hydroxylation is 1. The average Bonchev–Trinajstić information content (AvgIpc) is 3.00. The first-order valence-corrected chi connectivity index (χ1v) is 14.8. The topological polar surface area (TPSA) is 99.6 Å². The molecule has 228 valence electrons. The summed E-state index contributed by atoms with van der Waals surface area (Å²) >= 11 is 0. The SMILES string of the molecule is Cc1c(NC(=O)c2ccc(C(C)(C)C)cc2)cccc1-c1cn(C)c(=O)c(Nc2ccc(C(=O)N3CCN(C)CC3)cc2)n1. The first kappa shape index (κ1) is 30.7. The van der Waals surface area contributed by atoms with Gasteiger partial charge in [-0.3, -0.25) is 14.4 Å². The number of piperazine rings is 1. The molecule has 0 aliphatic carbocycles. The van der Waals surface area contributed by atoms with Crippen LogP contribution in [0.25, 0.3) is 11.3 Å². The summed E-state index contributed by atoms with van der Waals surface area (Å²) in [6.45, 7) is 11.5. The van der Waals surface area contributed by atoms with Crippen LogP contribution in [0.3, 0.4) is 0 Å². The first-order chi connectivity index (χ1) is 20.9. The second kappa shape index (κ2) is 12.5. The predicted octanol–water partition coefficient (Wildman–Crippen LogP) is 5.44. The van der Waals surface area contributed by atoms with Crippen LogP contribution >= 0.6 is 0 Å². The number of anilines is 3. The van der Waals surface area contributed by atoms with Gasteiger partial charge in [-0.2, -0.15) is 0 Å². The van der Waals surface area contributed by atoms with E-state index in [1.807, 2.05) is 54.3 Å². The third-order valence-electron chi connectivity index (χ3n) is 8.13. The van der Waals surface area contributed by atoms with Crippen molar-refractivity contribution in [1.82, 2.24) is 19.4 Å². The molecule has 1 aromatic heterocycles. The fourth-order valence-corrected chi connectivity index (χ4v) is 5.21. The summed E-state index contributed by atoms with van der Waals surface area (Å²) in [5.41, 5.74) is 5.58. The minimum atomic E-state index is -0.285. The number of nitrogens with one attached hydrogen (secondary N) is 2. The van der Waals surface area contributed by atoms with Crippen LogP contribution in [0.4, 0.5) is 17.2 Å². The van der Waals surface area contributed by atoms with Crippen LogP contribution in [0.2, 0.25) is 0 Å². The molecular weight excluding hydrogens is 552 g/mol. The third kappa shape index (κ3) is 6.73. The van der Waals surface area contributed by atoms with Gasteiger partial charge in [0.25, 0.3) is 17.4 Å². The van der Waals surface area contributed by atoms with Gasteiger partial charge in [0, 0.05) is 67.5 Å². The number of hydrogen-bond acceptors (Lipinski definition) is 6. The molecule has 1 aliphatic rings. The lowest BCUT2D eigenvalue weighted by Gasteiger charge is -2.32. The van der Waals surface area contributed by atoms with E-state index in [1.54, 1.807) is 37.5 Å². The van der Waals surface area contributed by atoms with Gasteiger partial charge >= 0.3 is 0 Å². The molecule has 4 aromatic rings. The largest absolute Gasteiger partial charge is 0.336 e. The van der Waals surface area contributed by atoms with Crippen LogP contribution in [0.5, 0.6) is 0 Å². The number of carbonyl (C=O) groups excluding carboxylic acids is 2. The quantitative estimate of drug-likeness (QED) is 0.310. The Morgan fingerprint density at radius 1 is 0.841 bits per heavy atom. The molecule has 1 saturated heterocycles. The van der Waals surface area contributed by atoms with Gasteiger partial charge in [0.15, 0.2) is 5.82 Å². The summed E-state index contributed by atoms with van der Waals surface area (Å²) in [4.78, 5) is 47.8. The van der Waals surface area contributed by atoms with Crippen molar-refractivity contribution in [1.29, 1.82) is 0 Å². The van der Waals surface area contributed by atoms with Crippen molar-refractivity contribution < 1.29 is 9.59 Å². The van der Waals surface area contributed by atoms with E-state index >= 15 is 0 Å². The second-order valence-corrected chi connectivity index (χ2v) is 12.4. The molecule has 2 heterocycles. The molecule has 2 N–H and O–H groups in total. The molecule has 0 unspecified atom stereocenters. The average molecular weight is 593 g/mol. The van der Waals surface area contributed by atoms with Gasteiger partial charge in [-0.25, -0.2) is 4.98 Å². The van der Waals surface area contributed by atoms with Crippen molar-refractivity contribution in [3.63, 3.8) is 0 Å². The summed E-state index contributed by atoms with van der Waals surface area (Å²) in [5.74, 6) is -0.0305. The standard InChI is InChI=1S/C35H40N6O3/c1-23-28(8-7-9-29(23)38-32(42)24-10-14-26(15-11-24)35(2,3)4)30-22-40(6)34(44)31(37-30)36-27-16-12-25(13-17-27)33(43)41-20-18-39(5)19-21-41/h7-17,22H,18-21H2,1-6H3,(H,36,37)(H,38,42).